The molecule has 2 aromatic rings. The molecule has 0 aliphatic rings. The Bertz CT molecular complexity index is 440. The zero-order chi connectivity index (χ0) is 10.2. The van der Waals surface area contributed by atoms with Crippen LogP contribution in [0.4, 0.5) is 0 Å². The first kappa shape index (κ1) is 9.28. The van der Waals surface area contributed by atoms with Crippen LogP contribution >= 0.6 is 0 Å². The van der Waals surface area contributed by atoms with E-state index in [2.05, 4.69) is 48.4 Å². The molecule has 0 saturated heterocycles. The maximum absolute atomic E-state index is 3.32. The Morgan fingerprint density at radius 3 is 2.71 bits per heavy atom. The van der Waals surface area contributed by atoms with Crippen LogP contribution in [-0.4, -0.2) is 12.0 Å². The lowest BCUT2D eigenvalue weighted by atomic mass is 9.93. The van der Waals surface area contributed by atoms with Crippen LogP contribution in [0.5, 0.6) is 0 Å². The van der Waals surface area contributed by atoms with Gasteiger partial charge < -0.3 is 10.3 Å². The zero-order valence-corrected chi connectivity index (χ0v) is 8.89. The Kier molecular flexibility index (Phi) is 2.08. The molecule has 2 nitrogen and oxygen atoms in total. The van der Waals surface area contributed by atoms with Gasteiger partial charge in [0.05, 0.1) is 5.52 Å². The van der Waals surface area contributed by atoms with Gasteiger partial charge in [0.1, 0.15) is 0 Å². The van der Waals surface area contributed by atoms with Gasteiger partial charge in [0.15, 0.2) is 0 Å². The molecule has 0 fully saturated rings. The van der Waals surface area contributed by atoms with Crippen molar-refractivity contribution in [1.82, 2.24) is 10.3 Å². The number of hydrogen-bond acceptors (Lipinski definition) is 1. The fourth-order valence-electron chi connectivity index (χ4n) is 1.74. The SMILES string of the molecule is CNC(C)(C)c1cccc2cc[nH]c12. The molecule has 0 spiro atoms. The summed E-state index contributed by atoms with van der Waals surface area (Å²) in [5, 5.41) is 4.59. The Hall–Kier alpha value is -1.28. The minimum absolute atomic E-state index is 0.00433. The number of hydrogen-bond donors (Lipinski definition) is 2. The van der Waals surface area contributed by atoms with Crippen molar-refractivity contribution in [2.45, 2.75) is 19.4 Å². The highest BCUT2D eigenvalue weighted by atomic mass is 14.9. The van der Waals surface area contributed by atoms with Crippen molar-refractivity contribution >= 4 is 10.9 Å². The topological polar surface area (TPSA) is 27.8 Å². The minimum Gasteiger partial charge on any atom is -0.361 e. The molecule has 14 heavy (non-hydrogen) atoms. The van der Waals surface area contributed by atoms with E-state index in [-0.39, 0.29) is 5.54 Å². The van der Waals surface area contributed by atoms with Gasteiger partial charge in [0, 0.05) is 11.7 Å². The van der Waals surface area contributed by atoms with Gasteiger partial charge in [-0.1, -0.05) is 18.2 Å². The molecule has 0 aliphatic carbocycles. The molecule has 0 atom stereocenters. The van der Waals surface area contributed by atoms with Gasteiger partial charge in [-0.25, -0.2) is 0 Å². The van der Waals surface area contributed by atoms with E-state index in [0.717, 1.165) is 0 Å². The summed E-state index contributed by atoms with van der Waals surface area (Å²) in [7, 11) is 1.99. The first-order valence-corrected chi connectivity index (χ1v) is 4.90. The number of H-pyrrole nitrogens is 1. The van der Waals surface area contributed by atoms with Crippen LogP contribution in [0, 0.1) is 0 Å². The molecule has 0 unspecified atom stereocenters. The molecule has 0 aliphatic heterocycles. The maximum atomic E-state index is 3.32. The van der Waals surface area contributed by atoms with E-state index in [1.54, 1.807) is 0 Å². The normalized spacial score (nSPS) is 12.2. The van der Waals surface area contributed by atoms with Crippen LogP contribution in [0.15, 0.2) is 30.5 Å². The van der Waals surface area contributed by atoms with Crippen molar-refractivity contribution in [2.24, 2.45) is 0 Å². The minimum atomic E-state index is 0.00433. The second-order valence-corrected chi connectivity index (χ2v) is 4.12. The second kappa shape index (κ2) is 3.14. The molecule has 0 saturated carbocycles. The maximum Gasteiger partial charge on any atom is 0.0505 e. The van der Waals surface area contributed by atoms with E-state index < -0.39 is 0 Å². The monoisotopic (exact) mass is 188 g/mol. The molecule has 0 amide bonds. The second-order valence-electron chi connectivity index (χ2n) is 4.12. The number of para-hydroxylation sites is 1. The number of nitrogens with one attached hydrogen (secondary N) is 2. The molecule has 1 heterocycles. The van der Waals surface area contributed by atoms with Gasteiger partial charge in [0.2, 0.25) is 0 Å². The van der Waals surface area contributed by atoms with Crippen LogP contribution in [0.25, 0.3) is 10.9 Å². The molecule has 1 aromatic carbocycles. The van der Waals surface area contributed by atoms with Crippen LogP contribution in [0.2, 0.25) is 0 Å². The van der Waals surface area contributed by atoms with Gasteiger partial charge >= 0.3 is 0 Å². The molecular formula is C12H16N2. The van der Waals surface area contributed by atoms with Crippen LogP contribution in [-0.2, 0) is 5.54 Å². The van der Waals surface area contributed by atoms with Crippen molar-refractivity contribution in [1.29, 1.82) is 0 Å². The van der Waals surface area contributed by atoms with Gasteiger partial charge in [-0.05, 0) is 37.9 Å². The van der Waals surface area contributed by atoms with Gasteiger partial charge in [0.25, 0.3) is 0 Å². The fraction of sp³-hybridized carbons (Fsp3) is 0.333. The van der Waals surface area contributed by atoms with Crippen LogP contribution in [0.3, 0.4) is 0 Å². The third-order valence-corrected chi connectivity index (χ3v) is 2.89. The Balaban J connectivity index is 2.67. The molecule has 2 N–H and O–H groups in total. The third-order valence-electron chi connectivity index (χ3n) is 2.89. The van der Waals surface area contributed by atoms with Crippen LogP contribution < -0.4 is 5.32 Å². The number of aromatic nitrogens is 1. The summed E-state index contributed by atoms with van der Waals surface area (Å²) in [5.41, 5.74) is 2.54. The molecule has 0 radical (unpaired) electrons. The van der Waals surface area contributed by atoms with Crippen molar-refractivity contribution in [2.75, 3.05) is 7.05 Å². The quantitative estimate of drug-likeness (QED) is 0.745. The highest BCUT2D eigenvalue weighted by Crippen LogP contribution is 2.26. The third kappa shape index (κ3) is 1.32. The summed E-state index contributed by atoms with van der Waals surface area (Å²) in [4.78, 5) is 3.29. The summed E-state index contributed by atoms with van der Waals surface area (Å²) in [6.45, 7) is 4.37. The lowest BCUT2D eigenvalue weighted by Crippen LogP contribution is -2.33. The zero-order valence-electron chi connectivity index (χ0n) is 8.89. The largest absolute Gasteiger partial charge is 0.361 e. The smallest absolute Gasteiger partial charge is 0.0505 e. The number of rotatable bonds is 2. The lowest BCUT2D eigenvalue weighted by Gasteiger charge is -2.25. The molecule has 2 heteroatoms. The van der Waals surface area contributed by atoms with E-state index in [1.165, 1.54) is 16.5 Å². The lowest BCUT2D eigenvalue weighted by molar-refractivity contribution is 0.448. The summed E-state index contributed by atoms with van der Waals surface area (Å²) in [6.07, 6.45) is 1.99. The average Bonchev–Trinajstić information content (AvgIpc) is 2.64. The first-order chi connectivity index (χ1) is 6.65. The van der Waals surface area contributed by atoms with E-state index >= 15 is 0 Å². The van der Waals surface area contributed by atoms with E-state index in [4.69, 9.17) is 0 Å². The first-order valence-electron chi connectivity index (χ1n) is 4.90. The van der Waals surface area contributed by atoms with E-state index in [9.17, 15) is 0 Å². The van der Waals surface area contributed by atoms with Gasteiger partial charge in [-0.15, -0.1) is 0 Å². The summed E-state index contributed by atoms with van der Waals surface area (Å²) in [5.74, 6) is 0. The Morgan fingerprint density at radius 1 is 1.21 bits per heavy atom. The molecule has 2 rings (SSSR count). The van der Waals surface area contributed by atoms with Crippen molar-refractivity contribution in [3.8, 4) is 0 Å². The van der Waals surface area contributed by atoms with Gasteiger partial charge in [-0.3, -0.25) is 0 Å². The average molecular weight is 188 g/mol. The molecule has 0 bridgehead atoms. The van der Waals surface area contributed by atoms with E-state index in [0.29, 0.717) is 0 Å². The molecule has 74 valence electrons. The summed E-state index contributed by atoms with van der Waals surface area (Å²) in [6, 6.07) is 8.49. The Labute approximate surface area is 84.3 Å². The van der Waals surface area contributed by atoms with E-state index in [1.807, 2.05) is 13.2 Å². The standard InChI is InChI=1S/C12H16N2/c1-12(2,13-3)10-6-4-5-9-7-8-14-11(9)10/h4-8,13-14H,1-3H3. The van der Waals surface area contributed by atoms with Crippen molar-refractivity contribution in [3.05, 3.63) is 36.0 Å². The summed E-state index contributed by atoms with van der Waals surface area (Å²) >= 11 is 0. The Morgan fingerprint density at radius 2 is 2.00 bits per heavy atom. The number of aromatic amines is 1. The predicted octanol–water partition coefficient (Wildman–Crippen LogP) is 2.62. The van der Waals surface area contributed by atoms with Crippen molar-refractivity contribution in [3.63, 3.8) is 0 Å². The summed E-state index contributed by atoms with van der Waals surface area (Å²) < 4.78 is 0. The highest BCUT2D eigenvalue weighted by molar-refractivity contribution is 5.83. The fourth-order valence-corrected chi connectivity index (χ4v) is 1.74. The number of fused-ring (bicyclic) bond motifs is 1. The predicted molar refractivity (Wildman–Crippen MR) is 60.4 cm³/mol. The van der Waals surface area contributed by atoms with Crippen LogP contribution in [0.1, 0.15) is 19.4 Å². The molecular weight excluding hydrogens is 172 g/mol. The highest BCUT2D eigenvalue weighted by Gasteiger charge is 2.20. The van der Waals surface area contributed by atoms with Gasteiger partial charge in [-0.2, -0.15) is 0 Å². The molecule has 1 aromatic heterocycles. The number of benzene rings is 1. The van der Waals surface area contributed by atoms with Crippen molar-refractivity contribution < 1.29 is 0 Å².